The Balaban J connectivity index is 1.29. The molecule has 2 saturated carbocycles. The van der Waals surface area contributed by atoms with Crippen molar-refractivity contribution in [3.8, 4) is 0 Å². The van der Waals surface area contributed by atoms with Gasteiger partial charge in [-0.2, -0.15) is 0 Å². The number of likely N-dealkylation sites (N-methyl/N-ethyl adjacent to an activating group) is 1. The van der Waals surface area contributed by atoms with Crippen LogP contribution in [0.25, 0.3) is 16.6 Å². The smallest absolute Gasteiger partial charge is 0.198 e. The minimum Gasteiger partial charge on any atom is -0.389 e. The van der Waals surface area contributed by atoms with Crippen molar-refractivity contribution in [2.24, 2.45) is 11.3 Å². The summed E-state index contributed by atoms with van der Waals surface area (Å²) in [6.45, 7) is 2.20. The molecule has 37 heavy (non-hydrogen) atoms. The van der Waals surface area contributed by atoms with Crippen LogP contribution in [-0.4, -0.2) is 80.0 Å². The minimum atomic E-state index is -2.33. The predicted octanol–water partition coefficient (Wildman–Crippen LogP) is 3.51. The summed E-state index contributed by atoms with van der Waals surface area (Å²) in [5.41, 5.74) is 2.67. The number of nitrogens with zero attached hydrogens (tertiary/aromatic N) is 2. The van der Waals surface area contributed by atoms with Crippen molar-refractivity contribution in [1.82, 2.24) is 14.9 Å². The van der Waals surface area contributed by atoms with E-state index in [1.165, 1.54) is 0 Å². The van der Waals surface area contributed by atoms with Gasteiger partial charge in [0.25, 0.3) is 0 Å². The molecule has 2 saturated heterocycles. The van der Waals surface area contributed by atoms with Crippen molar-refractivity contribution in [3.05, 3.63) is 29.8 Å². The second-order valence-electron chi connectivity index (χ2n) is 12.8. The highest BCUT2D eigenvalue weighted by Crippen LogP contribution is 2.74. The van der Waals surface area contributed by atoms with Gasteiger partial charge < -0.3 is 30.6 Å². The van der Waals surface area contributed by atoms with E-state index < -0.39 is 47.2 Å². The Morgan fingerprint density at radius 1 is 1.16 bits per heavy atom. The number of nitrogens with one attached hydrogen (secondary N) is 1. The zero-order valence-electron chi connectivity index (χ0n) is 21.6. The predicted molar refractivity (Wildman–Crippen MR) is 136 cm³/mol. The number of nitrogen functional groups attached to an aromatic ring is 1. The summed E-state index contributed by atoms with van der Waals surface area (Å²) in [5.74, 6) is 0.215. The summed E-state index contributed by atoms with van der Waals surface area (Å²) in [6, 6.07) is 5.59. The monoisotopic (exact) mass is 514 g/mol. The number of rotatable bonds is 2. The average Bonchev–Trinajstić information content (AvgIpc) is 3.50. The van der Waals surface area contributed by atoms with Gasteiger partial charge in [-0.15, -0.1) is 0 Å². The van der Waals surface area contributed by atoms with Crippen LogP contribution in [0.2, 0.25) is 0 Å². The molecule has 3 unspecified atom stereocenters. The maximum absolute atomic E-state index is 17.2. The lowest BCUT2D eigenvalue weighted by molar-refractivity contribution is -0.347. The molecule has 2 aromatic rings. The largest absolute Gasteiger partial charge is 0.389 e. The molecule has 1 aromatic carbocycles. The Hall–Kier alpha value is -2.07. The van der Waals surface area contributed by atoms with Crippen molar-refractivity contribution < 1.29 is 23.7 Å². The molecule has 7 rings (SSSR count). The summed E-state index contributed by atoms with van der Waals surface area (Å²) in [5, 5.41) is 21.9. The number of alkyl halides is 2. The molecule has 2 aliphatic heterocycles. The zero-order chi connectivity index (χ0) is 26.2. The quantitative estimate of drug-likeness (QED) is 0.489. The number of aromatic amines is 1. The van der Waals surface area contributed by atoms with Crippen LogP contribution in [0.5, 0.6) is 0 Å². The number of H-pyrrole nitrogens is 1. The SMILES string of the molecule is CN(C)[C@H]1C[C@@]23CC[C@]4(O2)C2CC=C(c5ccc6[nH]c(N)nc6c5)[C@@]2(C)CCC4(F)CC3(F)[C@@H](O)[C@@H]1O. The van der Waals surface area contributed by atoms with E-state index in [2.05, 4.69) is 29.0 Å². The maximum atomic E-state index is 17.2. The fraction of sp³-hybridized carbons (Fsp3) is 0.679. The molecule has 3 aliphatic carbocycles. The van der Waals surface area contributed by atoms with Gasteiger partial charge in [0.15, 0.2) is 11.6 Å². The Labute approximate surface area is 215 Å². The Morgan fingerprint density at radius 2 is 1.95 bits per heavy atom. The summed E-state index contributed by atoms with van der Waals surface area (Å²) in [4.78, 5) is 9.26. The maximum Gasteiger partial charge on any atom is 0.198 e. The van der Waals surface area contributed by atoms with Crippen molar-refractivity contribution >= 4 is 22.6 Å². The number of aromatic nitrogens is 2. The van der Waals surface area contributed by atoms with E-state index in [0.29, 0.717) is 31.6 Å². The summed E-state index contributed by atoms with van der Waals surface area (Å²) >= 11 is 0. The molecule has 2 bridgehead atoms. The molecule has 5 aliphatic rings. The first-order valence-electron chi connectivity index (χ1n) is 13.5. The van der Waals surface area contributed by atoms with E-state index in [4.69, 9.17) is 10.5 Å². The number of hydrogen-bond acceptors (Lipinski definition) is 6. The zero-order valence-corrected chi connectivity index (χ0v) is 21.6. The second-order valence-corrected chi connectivity index (χ2v) is 12.8. The first-order valence-corrected chi connectivity index (χ1v) is 13.5. The number of fused-ring (bicyclic) bond motifs is 2. The van der Waals surface area contributed by atoms with Crippen LogP contribution in [0.3, 0.4) is 0 Å². The van der Waals surface area contributed by atoms with Crippen molar-refractivity contribution in [3.63, 3.8) is 0 Å². The number of ether oxygens (including phenoxy) is 1. The molecule has 7 nitrogen and oxygen atoms in total. The first kappa shape index (κ1) is 24.0. The molecule has 9 heteroatoms. The summed E-state index contributed by atoms with van der Waals surface area (Å²) < 4.78 is 40.9. The fourth-order valence-electron chi connectivity index (χ4n) is 9.17. The van der Waals surface area contributed by atoms with Gasteiger partial charge in [-0.25, -0.2) is 13.8 Å². The third-order valence-electron chi connectivity index (χ3n) is 11.1. The van der Waals surface area contributed by atoms with Gasteiger partial charge in [-0.3, -0.25) is 0 Å². The van der Waals surface area contributed by atoms with Crippen LogP contribution in [0.1, 0.15) is 57.4 Å². The van der Waals surface area contributed by atoms with E-state index in [0.717, 1.165) is 22.2 Å². The van der Waals surface area contributed by atoms with Gasteiger partial charge >= 0.3 is 0 Å². The van der Waals surface area contributed by atoms with Crippen LogP contribution >= 0.6 is 0 Å². The average molecular weight is 515 g/mol. The lowest BCUT2D eigenvalue weighted by atomic mass is 9.51. The Kier molecular flexibility index (Phi) is 4.61. The lowest BCUT2D eigenvalue weighted by Gasteiger charge is -2.65. The molecule has 9 atom stereocenters. The second kappa shape index (κ2) is 7.11. The van der Waals surface area contributed by atoms with Crippen LogP contribution < -0.4 is 5.73 Å². The molecule has 5 N–H and O–H groups in total. The highest BCUT2D eigenvalue weighted by atomic mass is 19.2. The third kappa shape index (κ3) is 2.71. The molecule has 2 spiro atoms. The lowest BCUT2D eigenvalue weighted by Crippen LogP contribution is -2.78. The topological polar surface area (TPSA) is 108 Å². The molecular weight excluding hydrogens is 478 g/mol. The van der Waals surface area contributed by atoms with Crippen molar-refractivity contribution in [2.45, 2.75) is 92.7 Å². The van der Waals surface area contributed by atoms with E-state index in [1.54, 1.807) is 0 Å². The standard InChI is InChI=1S/C28H36F2N4O3/c1-24-8-9-25(29)14-27(30)22(36)21(35)19(34(2)3)13-26(27)10-11-28(25,37-26)20(24)7-5-16(24)15-4-6-17-18(12-15)33-23(31)32-17/h4-6,12,19-22,35-36H,7-11,13-14H2,1-3H3,(H3,31,32,33)/t19-,20?,21+,22-,24+,25?,26+,27?,28-/m0/s1. The molecule has 0 radical (unpaired) electrons. The number of allylic oxidation sites excluding steroid dienone is 2. The first-order chi connectivity index (χ1) is 17.4. The molecule has 1 aromatic heterocycles. The summed E-state index contributed by atoms with van der Waals surface area (Å²) in [6.07, 6.45) is 1.10. The number of halogens is 2. The van der Waals surface area contributed by atoms with E-state index in [-0.39, 0.29) is 24.2 Å². The van der Waals surface area contributed by atoms with Crippen LogP contribution in [0.15, 0.2) is 24.3 Å². The Bertz CT molecular complexity index is 1330. The van der Waals surface area contributed by atoms with Gasteiger partial charge in [0.2, 0.25) is 0 Å². The Morgan fingerprint density at radius 3 is 2.70 bits per heavy atom. The number of anilines is 1. The van der Waals surface area contributed by atoms with E-state index in [1.807, 2.05) is 31.1 Å². The van der Waals surface area contributed by atoms with Crippen LogP contribution in [0.4, 0.5) is 14.7 Å². The van der Waals surface area contributed by atoms with E-state index >= 15 is 8.78 Å². The van der Waals surface area contributed by atoms with E-state index in [9.17, 15) is 10.2 Å². The summed E-state index contributed by atoms with van der Waals surface area (Å²) in [7, 11) is 3.62. The number of nitrogens with two attached hydrogens (primary N) is 1. The minimum absolute atomic E-state index is 0.149. The molecule has 0 amide bonds. The molecule has 200 valence electrons. The highest BCUT2D eigenvalue weighted by molar-refractivity contribution is 5.84. The highest BCUT2D eigenvalue weighted by Gasteiger charge is 2.82. The normalized spacial score (nSPS) is 48.6. The van der Waals surface area contributed by atoms with Gasteiger partial charge in [0.1, 0.15) is 23.0 Å². The van der Waals surface area contributed by atoms with Crippen LogP contribution in [-0.2, 0) is 4.74 Å². The number of aliphatic hydroxyl groups excluding tert-OH is 2. The van der Waals surface area contributed by atoms with Gasteiger partial charge in [-0.1, -0.05) is 19.1 Å². The van der Waals surface area contributed by atoms with Gasteiger partial charge in [0, 0.05) is 18.4 Å². The molecular formula is C28H36F2N4O3. The number of benzene rings is 1. The molecule has 4 fully saturated rings. The molecule has 3 heterocycles. The van der Waals surface area contributed by atoms with Crippen molar-refractivity contribution in [2.75, 3.05) is 19.8 Å². The van der Waals surface area contributed by atoms with Gasteiger partial charge in [-0.05, 0) is 81.3 Å². The van der Waals surface area contributed by atoms with Crippen molar-refractivity contribution in [1.29, 1.82) is 0 Å². The van der Waals surface area contributed by atoms with Gasteiger partial charge in [0.05, 0.1) is 17.1 Å². The number of imidazole rings is 1. The number of aliphatic hydroxyl groups is 2. The fourth-order valence-corrected chi connectivity index (χ4v) is 9.17. The third-order valence-corrected chi connectivity index (χ3v) is 11.1. The number of hydrogen-bond donors (Lipinski definition) is 4. The van der Waals surface area contributed by atoms with Crippen LogP contribution in [0, 0.1) is 11.3 Å².